The first-order chi connectivity index (χ1) is 14.3. The maximum atomic E-state index is 13.8. The third-order valence-corrected chi connectivity index (χ3v) is 5.16. The lowest BCUT2D eigenvalue weighted by atomic mass is 9.98. The quantitative estimate of drug-likeness (QED) is 0.556. The molecule has 0 saturated carbocycles. The van der Waals surface area contributed by atoms with Crippen LogP contribution < -0.4 is 10.1 Å². The van der Waals surface area contributed by atoms with E-state index < -0.39 is 6.10 Å². The van der Waals surface area contributed by atoms with Crippen LogP contribution in [0.25, 0.3) is 0 Å². The van der Waals surface area contributed by atoms with Crippen LogP contribution in [0.1, 0.15) is 48.3 Å². The van der Waals surface area contributed by atoms with Crippen LogP contribution >= 0.6 is 0 Å². The predicted molar refractivity (Wildman–Crippen MR) is 116 cm³/mol. The van der Waals surface area contributed by atoms with E-state index in [1.54, 1.807) is 12.3 Å². The van der Waals surface area contributed by atoms with Gasteiger partial charge in [-0.15, -0.1) is 0 Å². The molecule has 2 unspecified atom stereocenters. The minimum absolute atomic E-state index is 0.157. The molecule has 160 valence electrons. The van der Waals surface area contributed by atoms with Crippen molar-refractivity contribution in [3.63, 3.8) is 0 Å². The second-order valence-corrected chi connectivity index (χ2v) is 7.93. The minimum atomic E-state index is -0.730. The fourth-order valence-electron chi connectivity index (χ4n) is 3.59. The molecule has 0 bridgehead atoms. The average Bonchev–Trinajstić information content (AvgIpc) is 3.12. The van der Waals surface area contributed by atoms with Gasteiger partial charge in [0, 0.05) is 26.0 Å². The Morgan fingerprint density at radius 2 is 2.00 bits per heavy atom. The van der Waals surface area contributed by atoms with E-state index in [0.717, 1.165) is 17.1 Å². The van der Waals surface area contributed by atoms with E-state index in [1.807, 2.05) is 36.0 Å². The van der Waals surface area contributed by atoms with E-state index in [4.69, 9.17) is 4.74 Å². The molecule has 0 saturated heterocycles. The summed E-state index contributed by atoms with van der Waals surface area (Å²) in [6.07, 6.45) is 2.81. The summed E-state index contributed by atoms with van der Waals surface area (Å²) in [4.78, 5) is 4.39. The van der Waals surface area contributed by atoms with E-state index in [2.05, 4.69) is 37.1 Å². The molecule has 2 aromatic carbocycles. The number of aromatic nitrogens is 2. The maximum Gasteiger partial charge on any atom is 0.130 e. The van der Waals surface area contributed by atoms with Crippen molar-refractivity contribution in [1.29, 1.82) is 0 Å². The Bertz CT molecular complexity index is 971. The Morgan fingerprint density at radius 3 is 2.63 bits per heavy atom. The number of rotatable bonds is 9. The summed E-state index contributed by atoms with van der Waals surface area (Å²) in [5, 5.41) is 13.7. The number of aryl methyl sites for hydroxylation is 2. The Labute approximate surface area is 177 Å². The van der Waals surface area contributed by atoms with E-state index >= 15 is 0 Å². The van der Waals surface area contributed by atoms with Crippen molar-refractivity contribution in [3.8, 4) is 5.75 Å². The van der Waals surface area contributed by atoms with E-state index in [0.29, 0.717) is 5.92 Å². The summed E-state index contributed by atoms with van der Waals surface area (Å²) in [6.45, 7) is 6.82. The fourth-order valence-corrected chi connectivity index (χ4v) is 3.59. The van der Waals surface area contributed by atoms with E-state index in [-0.39, 0.29) is 25.0 Å². The second kappa shape index (κ2) is 9.87. The van der Waals surface area contributed by atoms with Crippen LogP contribution in [0.3, 0.4) is 0 Å². The molecule has 1 heterocycles. The number of nitrogens with one attached hydrogen (secondary N) is 1. The molecular formula is C24H30FN3O2. The highest BCUT2D eigenvalue weighted by molar-refractivity contribution is 5.36. The highest BCUT2D eigenvalue weighted by Gasteiger charge is 2.20. The molecule has 0 fully saturated rings. The Kier molecular flexibility index (Phi) is 7.24. The molecule has 0 radical (unpaired) electrons. The summed E-state index contributed by atoms with van der Waals surface area (Å²) in [6, 6.07) is 12.1. The van der Waals surface area contributed by atoms with Crippen molar-refractivity contribution >= 4 is 0 Å². The molecule has 1 aromatic heterocycles. The number of aliphatic hydroxyl groups excluding tert-OH is 1. The highest BCUT2D eigenvalue weighted by atomic mass is 19.1. The van der Waals surface area contributed by atoms with Gasteiger partial charge in [-0.25, -0.2) is 9.37 Å². The van der Waals surface area contributed by atoms with Crippen molar-refractivity contribution in [3.05, 3.63) is 83.2 Å². The zero-order chi connectivity index (χ0) is 21.7. The molecule has 0 aliphatic heterocycles. The lowest BCUT2D eigenvalue weighted by molar-refractivity contribution is 0.104. The first-order valence-electron chi connectivity index (χ1n) is 10.2. The topological polar surface area (TPSA) is 59.3 Å². The Balaban J connectivity index is 1.63. The first-order valence-corrected chi connectivity index (χ1v) is 10.2. The fraction of sp³-hybridized carbons (Fsp3) is 0.375. The van der Waals surface area contributed by atoms with Gasteiger partial charge in [0.1, 0.15) is 30.1 Å². The van der Waals surface area contributed by atoms with Gasteiger partial charge in [0.05, 0.1) is 6.04 Å². The molecule has 2 N–H and O–H groups in total. The van der Waals surface area contributed by atoms with Crippen molar-refractivity contribution in [2.24, 2.45) is 7.05 Å². The van der Waals surface area contributed by atoms with Crippen LogP contribution in [0.2, 0.25) is 0 Å². The van der Waals surface area contributed by atoms with Crippen molar-refractivity contribution in [1.82, 2.24) is 14.9 Å². The molecule has 0 amide bonds. The molecule has 3 rings (SSSR count). The number of ether oxygens (including phenoxy) is 1. The third-order valence-electron chi connectivity index (χ3n) is 5.16. The molecule has 6 heteroatoms. The zero-order valence-electron chi connectivity index (χ0n) is 18.0. The van der Waals surface area contributed by atoms with Crippen LogP contribution in [-0.4, -0.2) is 33.9 Å². The molecule has 0 aliphatic rings. The number of imidazole rings is 1. The monoisotopic (exact) mass is 411 g/mol. The number of hydrogen-bond donors (Lipinski definition) is 2. The van der Waals surface area contributed by atoms with Gasteiger partial charge in [-0.1, -0.05) is 32.0 Å². The molecule has 30 heavy (non-hydrogen) atoms. The van der Waals surface area contributed by atoms with Crippen LogP contribution in [0.15, 0.2) is 54.9 Å². The summed E-state index contributed by atoms with van der Waals surface area (Å²) in [7, 11) is 1.89. The summed E-state index contributed by atoms with van der Waals surface area (Å²) < 4.78 is 21.4. The number of hydrogen-bond acceptors (Lipinski definition) is 4. The van der Waals surface area contributed by atoms with E-state index in [1.165, 1.54) is 23.3 Å². The average molecular weight is 412 g/mol. The molecule has 0 aliphatic carbocycles. The number of benzene rings is 2. The number of halogens is 1. The largest absolute Gasteiger partial charge is 0.491 e. The number of nitrogens with zero attached hydrogens (tertiary/aromatic N) is 2. The van der Waals surface area contributed by atoms with Crippen molar-refractivity contribution in [2.45, 2.75) is 38.8 Å². The lowest BCUT2D eigenvalue weighted by Crippen LogP contribution is -2.35. The van der Waals surface area contributed by atoms with Gasteiger partial charge in [-0.3, -0.25) is 0 Å². The van der Waals surface area contributed by atoms with E-state index in [9.17, 15) is 9.50 Å². The van der Waals surface area contributed by atoms with Crippen LogP contribution in [0.4, 0.5) is 4.39 Å². The van der Waals surface area contributed by atoms with Gasteiger partial charge >= 0.3 is 0 Å². The van der Waals surface area contributed by atoms with Gasteiger partial charge in [0.25, 0.3) is 0 Å². The Hall–Kier alpha value is -2.70. The Morgan fingerprint density at radius 1 is 1.20 bits per heavy atom. The second-order valence-electron chi connectivity index (χ2n) is 7.93. The van der Waals surface area contributed by atoms with Crippen LogP contribution in [-0.2, 0) is 7.05 Å². The molecule has 5 nitrogen and oxygen atoms in total. The normalized spacial score (nSPS) is 13.4. The SMILES string of the molecule is Cc1cc(OCC(O)CNC(c2cccc(F)c2)c2nccn2C)ccc1C(C)C. The standard InChI is InChI=1S/C24H30FN3O2/c1-16(2)22-9-8-21(12-17(22)3)30-15-20(29)14-27-23(24-26-10-11-28(24)4)18-6-5-7-19(25)13-18/h5-13,16,20,23,27,29H,14-15H2,1-4H3. The molecule has 3 aromatic rings. The van der Waals surface area contributed by atoms with Crippen LogP contribution in [0, 0.1) is 12.7 Å². The molecule has 0 spiro atoms. The number of aliphatic hydroxyl groups is 1. The van der Waals surface area contributed by atoms with Crippen LogP contribution in [0.5, 0.6) is 5.75 Å². The smallest absolute Gasteiger partial charge is 0.130 e. The first kappa shape index (κ1) is 22.0. The van der Waals surface area contributed by atoms with Crippen molar-refractivity contribution in [2.75, 3.05) is 13.2 Å². The van der Waals surface area contributed by atoms with Gasteiger partial charge in [-0.2, -0.15) is 0 Å². The van der Waals surface area contributed by atoms with Gasteiger partial charge in [0.15, 0.2) is 0 Å². The van der Waals surface area contributed by atoms with Crippen molar-refractivity contribution < 1.29 is 14.2 Å². The summed E-state index contributed by atoms with van der Waals surface area (Å²) >= 11 is 0. The lowest BCUT2D eigenvalue weighted by Gasteiger charge is -2.21. The maximum absolute atomic E-state index is 13.8. The predicted octanol–water partition coefficient (Wildman–Crippen LogP) is 4.11. The molecule has 2 atom stereocenters. The van der Waals surface area contributed by atoms with Gasteiger partial charge in [0.2, 0.25) is 0 Å². The zero-order valence-corrected chi connectivity index (χ0v) is 18.0. The minimum Gasteiger partial charge on any atom is -0.491 e. The molecular weight excluding hydrogens is 381 g/mol. The van der Waals surface area contributed by atoms with Gasteiger partial charge in [-0.05, 0) is 53.8 Å². The third kappa shape index (κ3) is 5.46. The highest BCUT2D eigenvalue weighted by Crippen LogP contribution is 2.24. The van der Waals surface area contributed by atoms with Gasteiger partial charge < -0.3 is 19.7 Å². The summed E-state index contributed by atoms with van der Waals surface area (Å²) in [5.74, 6) is 1.63. The summed E-state index contributed by atoms with van der Waals surface area (Å²) in [5.41, 5.74) is 3.21.